The Kier molecular flexibility index (Phi) is 3.25. The molecule has 1 amide bonds. The number of hydrogen-bond donors (Lipinski definition) is 3. The molecule has 2 rings (SSSR count). The predicted octanol–water partition coefficient (Wildman–Crippen LogP) is 1.65. The van der Waals surface area contributed by atoms with Crippen LogP contribution in [-0.4, -0.2) is 21.1 Å². The van der Waals surface area contributed by atoms with E-state index in [4.69, 9.17) is 0 Å². The van der Waals surface area contributed by atoms with Crippen LogP contribution in [0.4, 0.5) is 5.69 Å². The van der Waals surface area contributed by atoms with Crippen LogP contribution in [0.5, 0.6) is 0 Å². The molecular formula is C13H16N4O2. The zero-order valence-corrected chi connectivity index (χ0v) is 11.1. The third kappa shape index (κ3) is 2.90. The van der Waals surface area contributed by atoms with Gasteiger partial charge in [0.1, 0.15) is 0 Å². The van der Waals surface area contributed by atoms with Gasteiger partial charge in [-0.05, 0) is 17.0 Å². The van der Waals surface area contributed by atoms with Crippen LogP contribution in [0.15, 0.2) is 29.1 Å². The van der Waals surface area contributed by atoms with Crippen molar-refractivity contribution in [1.82, 2.24) is 15.2 Å². The first kappa shape index (κ1) is 13.1. The van der Waals surface area contributed by atoms with Gasteiger partial charge in [0, 0.05) is 5.69 Å². The lowest BCUT2D eigenvalue weighted by Crippen LogP contribution is -2.20. The topological polar surface area (TPSA) is 90.6 Å². The van der Waals surface area contributed by atoms with Gasteiger partial charge in [-0.3, -0.25) is 9.78 Å². The summed E-state index contributed by atoms with van der Waals surface area (Å²) in [7, 11) is 0. The number of anilines is 1. The number of carbonyl (C=O) groups excluding carboxylic acids is 1. The van der Waals surface area contributed by atoms with E-state index >= 15 is 0 Å². The van der Waals surface area contributed by atoms with Crippen LogP contribution in [0.25, 0.3) is 0 Å². The van der Waals surface area contributed by atoms with Gasteiger partial charge < -0.3 is 5.32 Å². The van der Waals surface area contributed by atoms with Crippen LogP contribution in [-0.2, 0) is 5.41 Å². The largest absolute Gasteiger partial charge is 0.341 e. The van der Waals surface area contributed by atoms with E-state index < -0.39 is 11.6 Å². The van der Waals surface area contributed by atoms with E-state index in [1.165, 1.54) is 0 Å². The smallest absolute Gasteiger partial charge is 0.319 e. The fourth-order valence-electron chi connectivity index (χ4n) is 1.81. The molecule has 1 aromatic carbocycles. The molecule has 100 valence electrons. The molecule has 3 N–H and O–H groups in total. The second-order valence-corrected chi connectivity index (χ2v) is 5.28. The maximum absolute atomic E-state index is 11.9. The summed E-state index contributed by atoms with van der Waals surface area (Å²) in [5.41, 5.74) is 1.13. The Balaban J connectivity index is 2.29. The molecule has 0 aliphatic carbocycles. The minimum atomic E-state index is -0.505. The normalized spacial score (nSPS) is 11.3. The molecule has 0 saturated carbocycles. The predicted molar refractivity (Wildman–Crippen MR) is 72.3 cm³/mol. The average Bonchev–Trinajstić information content (AvgIpc) is 2.75. The number of para-hydroxylation sites is 1. The zero-order chi connectivity index (χ0) is 14.0. The molecule has 0 radical (unpaired) electrons. The monoisotopic (exact) mass is 260 g/mol. The standard InChI is InChI=1S/C13H16N4O2/c1-13(2,3)8-6-4-5-7-9(8)14-11(18)10-15-12(19)17-16-10/h4-7H,1-3H3,(H,14,18)(H2,15,16,17,19). The SMILES string of the molecule is CC(C)(C)c1ccccc1NC(=O)c1n[nH]c(=O)[nH]1. The molecule has 0 spiro atoms. The van der Waals surface area contributed by atoms with Gasteiger partial charge in [-0.15, -0.1) is 5.10 Å². The molecule has 0 saturated heterocycles. The van der Waals surface area contributed by atoms with E-state index in [1.54, 1.807) is 0 Å². The van der Waals surface area contributed by atoms with E-state index in [2.05, 4.69) is 41.3 Å². The van der Waals surface area contributed by atoms with Crippen LogP contribution in [0.3, 0.4) is 0 Å². The van der Waals surface area contributed by atoms with Gasteiger partial charge in [-0.25, -0.2) is 9.89 Å². The number of H-pyrrole nitrogens is 2. The number of aromatic nitrogens is 3. The second-order valence-electron chi connectivity index (χ2n) is 5.28. The first-order valence-corrected chi connectivity index (χ1v) is 5.93. The van der Waals surface area contributed by atoms with Crippen LogP contribution >= 0.6 is 0 Å². The second kappa shape index (κ2) is 4.72. The fourth-order valence-corrected chi connectivity index (χ4v) is 1.81. The Morgan fingerprint density at radius 1 is 1.26 bits per heavy atom. The maximum atomic E-state index is 11.9. The highest BCUT2D eigenvalue weighted by atomic mass is 16.2. The number of nitrogens with one attached hydrogen (secondary N) is 3. The van der Waals surface area contributed by atoms with Crippen molar-refractivity contribution in [3.8, 4) is 0 Å². The van der Waals surface area contributed by atoms with Crippen molar-refractivity contribution in [1.29, 1.82) is 0 Å². The van der Waals surface area contributed by atoms with Crippen molar-refractivity contribution < 1.29 is 4.79 Å². The maximum Gasteiger partial charge on any atom is 0.341 e. The molecule has 2 aromatic rings. The minimum absolute atomic E-state index is 0.0336. The number of benzene rings is 1. The summed E-state index contributed by atoms with van der Waals surface area (Å²) in [5.74, 6) is -0.483. The molecule has 0 fully saturated rings. The van der Waals surface area contributed by atoms with Crippen molar-refractivity contribution in [3.63, 3.8) is 0 Å². The third-order valence-corrected chi connectivity index (χ3v) is 2.70. The molecular weight excluding hydrogens is 244 g/mol. The Morgan fingerprint density at radius 2 is 1.95 bits per heavy atom. The lowest BCUT2D eigenvalue weighted by Gasteiger charge is -2.22. The van der Waals surface area contributed by atoms with E-state index in [0.29, 0.717) is 5.69 Å². The summed E-state index contributed by atoms with van der Waals surface area (Å²) in [6.07, 6.45) is 0. The Labute approximate surface area is 110 Å². The van der Waals surface area contributed by atoms with Crippen molar-refractivity contribution in [2.45, 2.75) is 26.2 Å². The molecule has 19 heavy (non-hydrogen) atoms. The molecule has 0 atom stereocenters. The summed E-state index contributed by atoms with van der Waals surface area (Å²) in [6, 6.07) is 7.55. The summed E-state index contributed by atoms with van der Waals surface area (Å²) < 4.78 is 0. The molecule has 1 aromatic heterocycles. The van der Waals surface area contributed by atoms with E-state index in [0.717, 1.165) is 5.56 Å². The number of amides is 1. The first-order chi connectivity index (χ1) is 8.88. The van der Waals surface area contributed by atoms with Gasteiger partial charge in [0.2, 0.25) is 5.82 Å². The molecule has 0 bridgehead atoms. The summed E-state index contributed by atoms with van der Waals surface area (Å²) in [4.78, 5) is 25.2. The summed E-state index contributed by atoms with van der Waals surface area (Å²) >= 11 is 0. The average molecular weight is 260 g/mol. The van der Waals surface area contributed by atoms with Gasteiger partial charge in [0.15, 0.2) is 0 Å². The van der Waals surface area contributed by atoms with Crippen molar-refractivity contribution in [3.05, 3.63) is 46.1 Å². The number of rotatable bonds is 2. The summed E-state index contributed by atoms with van der Waals surface area (Å²) in [5, 5.41) is 8.51. The number of aromatic amines is 2. The summed E-state index contributed by atoms with van der Waals surface area (Å²) in [6.45, 7) is 6.19. The third-order valence-electron chi connectivity index (χ3n) is 2.70. The Hall–Kier alpha value is -2.37. The van der Waals surface area contributed by atoms with Crippen LogP contribution in [0.1, 0.15) is 37.0 Å². The van der Waals surface area contributed by atoms with Gasteiger partial charge in [0.25, 0.3) is 5.91 Å². The van der Waals surface area contributed by atoms with E-state index in [1.807, 2.05) is 24.3 Å². The van der Waals surface area contributed by atoms with Crippen molar-refractivity contribution in [2.75, 3.05) is 5.32 Å². The van der Waals surface area contributed by atoms with E-state index in [9.17, 15) is 9.59 Å². The van der Waals surface area contributed by atoms with Crippen molar-refractivity contribution >= 4 is 11.6 Å². The molecule has 6 nitrogen and oxygen atoms in total. The van der Waals surface area contributed by atoms with Crippen LogP contribution in [0, 0.1) is 0 Å². The van der Waals surface area contributed by atoms with Crippen molar-refractivity contribution in [2.24, 2.45) is 0 Å². The lowest BCUT2D eigenvalue weighted by molar-refractivity contribution is 0.101. The lowest BCUT2D eigenvalue weighted by atomic mass is 9.86. The fraction of sp³-hybridized carbons (Fsp3) is 0.308. The van der Waals surface area contributed by atoms with Gasteiger partial charge in [-0.2, -0.15) is 0 Å². The quantitative estimate of drug-likeness (QED) is 0.766. The molecule has 0 aliphatic rings. The highest BCUT2D eigenvalue weighted by molar-refractivity contribution is 6.01. The zero-order valence-electron chi connectivity index (χ0n) is 11.1. The van der Waals surface area contributed by atoms with Gasteiger partial charge in [0.05, 0.1) is 0 Å². The number of carbonyl (C=O) groups is 1. The Morgan fingerprint density at radius 3 is 2.53 bits per heavy atom. The highest BCUT2D eigenvalue weighted by Crippen LogP contribution is 2.29. The molecule has 0 unspecified atom stereocenters. The van der Waals surface area contributed by atoms with E-state index in [-0.39, 0.29) is 11.2 Å². The molecule has 6 heteroatoms. The van der Waals surface area contributed by atoms with Crippen LogP contribution in [0.2, 0.25) is 0 Å². The number of nitrogens with zero attached hydrogens (tertiary/aromatic N) is 1. The van der Waals surface area contributed by atoms with Crippen LogP contribution < -0.4 is 11.0 Å². The molecule has 0 aliphatic heterocycles. The minimum Gasteiger partial charge on any atom is -0.319 e. The molecule has 1 heterocycles. The van der Waals surface area contributed by atoms with Gasteiger partial charge in [-0.1, -0.05) is 39.0 Å². The first-order valence-electron chi connectivity index (χ1n) is 5.93. The highest BCUT2D eigenvalue weighted by Gasteiger charge is 2.19. The Bertz CT molecular complexity index is 649. The number of hydrogen-bond acceptors (Lipinski definition) is 3. The van der Waals surface area contributed by atoms with Gasteiger partial charge >= 0.3 is 5.69 Å².